The van der Waals surface area contributed by atoms with E-state index in [9.17, 15) is 9.59 Å². The molecule has 0 aliphatic rings. The fourth-order valence-corrected chi connectivity index (χ4v) is 2.35. The van der Waals surface area contributed by atoms with Crippen LogP contribution in [-0.2, 0) is 6.54 Å². The number of hydrogen-bond acceptors (Lipinski definition) is 5. The molecule has 4 N–H and O–H groups in total. The van der Waals surface area contributed by atoms with E-state index in [1.54, 1.807) is 30.5 Å². The molecule has 132 valence electrons. The number of carbonyl (C=O) groups excluding carboxylic acids is 1. The Kier molecular flexibility index (Phi) is 4.57. The Morgan fingerprint density at radius 3 is 2.54 bits per heavy atom. The molecule has 26 heavy (non-hydrogen) atoms. The summed E-state index contributed by atoms with van der Waals surface area (Å²) >= 11 is 0. The number of nitrogen functional groups attached to an aromatic ring is 1. The first-order valence-electron chi connectivity index (χ1n) is 7.58. The zero-order valence-corrected chi connectivity index (χ0v) is 13.5. The Hall–Kier alpha value is -3.81. The van der Waals surface area contributed by atoms with Gasteiger partial charge in [0.1, 0.15) is 23.0 Å². The zero-order chi connectivity index (χ0) is 18.7. The number of ether oxygens (including phenoxy) is 1. The predicted octanol–water partition coefficient (Wildman–Crippen LogP) is 2.33. The second-order valence-corrected chi connectivity index (χ2v) is 5.42. The maximum absolute atomic E-state index is 12.1. The Labute approximate surface area is 147 Å². The maximum atomic E-state index is 12.1. The first kappa shape index (κ1) is 17.0. The van der Waals surface area contributed by atoms with E-state index in [-0.39, 0.29) is 29.6 Å². The fraction of sp³-hybridized carbons (Fsp3) is 0.0556. The molecule has 0 saturated carbocycles. The van der Waals surface area contributed by atoms with E-state index in [0.717, 1.165) is 0 Å². The molecule has 1 aromatic carbocycles. The lowest BCUT2D eigenvalue weighted by Gasteiger charge is -2.04. The molecule has 0 radical (unpaired) electrons. The first-order valence-corrected chi connectivity index (χ1v) is 7.58. The molecule has 0 aliphatic carbocycles. The molecule has 0 aliphatic heterocycles. The van der Waals surface area contributed by atoms with E-state index < -0.39 is 11.9 Å². The molecule has 0 spiro atoms. The van der Waals surface area contributed by atoms with Crippen LogP contribution < -0.4 is 10.5 Å². The number of amidine groups is 1. The summed E-state index contributed by atoms with van der Waals surface area (Å²) in [7, 11) is 0. The third-order valence-electron chi connectivity index (χ3n) is 3.61. The molecule has 8 nitrogen and oxygen atoms in total. The van der Waals surface area contributed by atoms with Gasteiger partial charge in [0.25, 0.3) is 0 Å². The van der Waals surface area contributed by atoms with Crippen molar-refractivity contribution in [1.82, 2.24) is 4.57 Å². The summed E-state index contributed by atoms with van der Waals surface area (Å²) in [6, 6.07) is 12.3. The van der Waals surface area contributed by atoms with Gasteiger partial charge in [-0.2, -0.15) is 0 Å². The van der Waals surface area contributed by atoms with Crippen LogP contribution in [0.15, 0.2) is 59.1 Å². The van der Waals surface area contributed by atoms with Crippen LogP contribution >= 0.6 is 0 Å². The van der Waals surface area contributed by atoms with Crippen molar-refractivity contribution in [2.75, 3.05) is 0 Å². The lowest BCUT2D eigenvalue weighted by molar-refractivity contribution is 0.0677. The molecule has 0 amide bonds. The second kappa shape index (κ2) is 6.98. The largest absolute Gasteiger partial charge is 0.477 e. The number of carbonyl (C=O) groups is 2. The Bertz CT molecular complexity index is 969. The Morgan fingerprint density at radius 2 is 1.88 bits per heavy atom. The maximum Gasteiger partial charge on any atom is 0.379 e. The minimum Gasteiger partial charge on any atom is -0.477 e. The summed E-state index contributed by atoms with van der Waals surface area (Å²) in [5.74, 6) is -1.10. The van der Waals surface area contributed by atoms with Crippen molar-refractivity contribution >= 4 is 17.8 Å². The van der Waals surface area contributed by atoms with Crippen LogP contribution in [0.25, 0.3) is 0 Å². The monoisotopic (exact) mass is 353 g/mol. The van der Waals surface area contributed by atoms with Crippen LogP contribution in [0.2, 0.25) is 0 Å². The van der Waals surface area contributed by atoms with E-state index in [1.165, 1.54) is 28.8 Å². The van der Waals surface area contributed by atoms with Crippen LogP contribution in [-0.4, -0.2) is 27.4 Å². The number of aromatic carboxylic acids is 1. The normalized spacial score (nSPS) is 10.5. The summed E-state index contributed by atoms with van der Waals surface area (Å²) in [6.45, 7) is 0.176. The van der Waals surface area contributed by atoms with E-state index in [1.807, 2.05) is 0 Å². The van der Waals surface area contributed by atoms with Crippen LogP contribution in [0.5, 0.6) is 5.75 Å². The number of benzene rings is 1. The SMILES string of the molecule is N=C(N)c1ccc(OC(=O)c2ccc(Cn3cccc3C(=O)O)o2)cc1. The van der Waals surface area contributed by atoms with Crippen molar-refractivity contribution in [3.05, 3.63) is 77.5 Å². The van der Waals surface area contributed by atoms with Crippen molar-refractivity contribution in [3.63, 3.8) is 0 Å². The van der Waals surface area contributed by atoms with Crippen LogP contribution in [0.4, 0.5) is 0 Å². The minimum absolute atomic E-state index is 0.000300. The molecule has 0 bridgehead atoms. The number of nitrogens with zero attached hydrogens (tertiary/aromatic N) is 1. The quantitative estimate of drug-likeness (QED) is 0.270. The first-order chi connectivity index (χ1) is 12.4. The number of esters is 1. The molecule has 0 fully saturated rings. The van der Waals surface area contributed by atoms with E-state index >= 15 is 0 Å². The van der Waals surface area contributed by atoms with Gasteiger partial charge < -0.3 is 24.6 Å². The van der Waals surface area contributed by atoms with E-state index in [4.69, 9.17) is 25.4 Å². The molecule has 8 heteroatoms. The van der Waals surface area contributed by atoms with Crippen molar-refractivity contribution in [2.24, 2.45) is 5.73 Å². The van der Waals surface area contributed by atoms with Gasteiger partial charge in [-0.1, -0.05) is 0 Å². The van der Waals surface area contributed by atoms with Gasteiger partial charge in [-0.25, -0.2) is 9.59 Å². The van der Waals surface area contributed by atoms with E-state index in [2.05, 4.69) is 0 Å². The Balaban J connectivity index is 1.68. The predicted molar refractivity (Wildman–Crippen MR) is 91.6 cm³/mol. The average Bonchev–Trinajstić information content (AvgIpc) is 3.25. The highest BCUT2D eigenvalue weighted by molar-refractivity contribution is 5.95. The van der Waals surface area contributed by atoms with Gasteiger partial charge in [-0.05, 0) is 48.5 Å². The topological polar surface area (TPSA) is 132 Å². The molecular weight excluding hydrogens is 338 g/mol. The van der Waals surface area contributed by atoms with E-state index in [0.29, 0.717) is 11.3 Å². The smallest absolute Gasteiger partial charge is 0.379 e. The van der Waals surface area contributed by atoms with Gasteiger partial charge in [0.15, 0.2) is 0 Å². The lowest BCUT2D eigenvalue weighted by Crippen LogP contribution is -2.11. The Morgan fingerprint density at radius 1 is 1.15 bits per heavy atom. The minimum atomic E-state index is -1.05. The van der Waals surface area contributed by atoms with Gasteiger partial charge >= 0.3 is 11.9 Å². The summed E-state index contributed by atoms with van der Waals surface area (Å²) < 4.78 is 12.1. The molecule has 3 rings (SSSR count). The third-order valence-corrected chi connectivity index (χ3v) is 3.61. The summed E-state index contributed by atoms with van der Waals surface area (Å²) in [5, 5.41) is 16.4. The van der Waals surface area contributed by atoms with Crippen LogP contribution in [0.1, 0.15) is 32.4 Å². The number of nitrogens with two attached hydrogens (primary N) is 1. The fourth-order valence-electron chi connectivity index (χ4n) is 2.35. The number of furan rings is 1. The molecule has 2 heterocycles. The van der Waals surface area contributed by atoms with Gasteiger partial charge in [0, 0.05) is 11.8 Å². The number of carboxylic acids is 1. The molecule has 2 aromatic heterocycles. The van der Waals surface area contributed by atoms with Crippen molar-refractivity contribution < 1.29 is 23.8 Å². The van der Waals surface area contributed by atoms with Crippen LogP contribution in [0.3, 0.4) is 0 Å². The van der Waals surface area contributed by atoms with Crippen molar-refractivity contribution in [1.29, 1.82) is 5.41 Å². The highest BCUT2D eigenvalue weighted by atomic mass is 16.5. The zero-order valence-electron chi connectivity index (χ0n) is 13.5. The summed E-state index contributed by atoms with van der Waals surface area (Å²) in [4.78, 5) is 23.2. The summed E-state index contributed by atoms with van der Waals surface area (Å²) in [6.07, 6.45) is 1.61. The number of carboxylic acid groups (broad SMARTS) is 1. The standard InChI is InChI=1S/C18H15N3O5/c19-16(20)11-3-5-12(6-4-11)26-18(24)15-8-7-13(25-15)10-21-9-1-2-14(21)17(22)23/h1-9H,10H2,(H3,19,20)(H,22,23). The lowest BCUT2D eigenvalue weighted by atomic mass is 10.2. The summed E-state index contributed by atoms with van der Waals surface area (Å²) in [5.41, 5.74) is 6.01. The molecule has 0 atom stereocenters. The van der Waals surface area contributed by atoms with Crippen molar-refractivity contribution in [2.45, 2.75) is 6.54 Å². The number of aromatic nitrogens is 1. The highest BCUT2D eigenvalue weighted by Crippen LogP contribution is 2.17. The van der Waals surface area contributed by atoms with Crippen LogP contribution in [0, 0.1) is 5.41 Å². The number of rotatable bonds is 6. The highest BCUT2D eigenvalue weighted by Gasteiger charge is 2.16. The second-order valence-electron chi connectivity index (χ2n) is 5.42. The van der Waals surface area contributed by atoms with Crippen molar-refractivity contribution in [3.8, 4) is 5.75 Å². The van der Waals surface area contributed by atoms with Gasteiger partial charge in [-0.3, -0.25) is 5.41 Å². The number of nitrogens with one attached hydrogen (secondary N) is 1. The molecular formula is C18H15N3O5. The van der Waals surface area contributed by atoms with Gasteiger partial charge in [0.05, 0.1) is 6.54 Å². The molecule has 0 saturated heterocycles. The average molecular weight is 353 g/mol. The van der Waals surface area contributed by atoms with Gasteiger partial charge in [0.2, 0.25) is 5.76 Å². The number of hydrogen-bond donors (Lipinski definition) is 3. The van der Waals surface area contributed by atoms with Gasteiger partial charge in [-0.15, -0.1) is 0 Å². The molecule has 0 unspecified atom stereocenters. The third kappa shape index (κ3) is 3.64. The molecule has 3 aromatic rings.